The van der Waals surface area contributed by atoms with Gasteiger partial charge in [-0.2, -0.15) is 0 Å². The quantitative estimate of drug-likeness (QED) is 0.465. The van der Waals surface area contributed by atoms with Crippen LogP contribution in [0.4, 0.5) is 16.2 Å². The summed E-state index contributed by atoms with van der Waals surface area (Å²) in [6.45, 7) is 1.65. The number of rotatable bonds is 2. The summed E-state index contributed by atoms with van der Waals surface area (Å²) in [6, 6.07) is 8.66. The van der Waals surface area contributed by atoms with Crippen molar-refractivity contribution < 1.29 is 29.2 Å². The Bertz CT molecular complexity index is 1300. The average molecular weight is 501 g/mol. The number of fused-ring (bicyclic) bond motifs is 1. The molecule has 0 saturated carbocycles. The fourth-order valence-electron chi connectivity index (χ4n) is 4.28. The minimum absolute atomic E-state index is 0.0113. The summed E-state index contributed by atoms with van der Waals surface area (Å²) in [5, 5.41) is 23.6. The molecule has 0 aliphatic carbocycles. The molecule has 0 aromatic heterocycles. The number of hydrogen-bond acceptors (Lipinski definition) is 10. The summed E-state index contributed by atoms with van der Waals surface area (Å²) in [5.41, 5.74) is 0.526. The SMILES string of the molecule is CC1(c2ccc(O)cc2)SCC(=O)N1C(=O)N1C(=O)CSC12Nc1cc([N+](=O)[O-])ccc1C2=O. The number of ketones is 1. The van der Waals surface area contributed by atoms with Gasteiger partial charge in [0.1, 0.15) is 10.6 Å². The lowest BCUT2D eigenvalue weighted by atomic mass is 10.1. The number of aromatic hydroxyl groups is 1. The zero-order valence-electron chi connectivity index (χ0n) is 17.5. The first-order valence-electron chi connectivity index (χ1n) is 9.97. The van der Waals surface area contributed by atoms with Crippen molar-refractivity contribution >= 4 is 58.5 Å². The number of nitro benzene ring substituents is 1. The number of non-ortho nitro benzene ring substituents is 1. The molecule has 0 bridgehead atoms. The van der Waals surface area contributed by atoms with E-state index in [1.807, 2.05) is 0 Å². The van der Waals surface area contributed by atoms with Crippen LogP contribution in [0.3, 0.4) is 0 Å². The maximum Gasteiger partial charge on any atom is 0.337 e. The highest BCUT2D eigenvalue weighted by Gasteiger charge is 2.62. The Morgan fingerprint density at radius 1 is 1.06 bits per heavy atom. The van der Waals surface area contributed by atoms with Crippen molar-refractivity contribution in [3.05, 3.63) is 63.7 Å². The molecule has 2 unspecified atom stereocenters. The van der Waals surface area contributed by atoms with Crippen LogP contribution < -0.4 is 5.32 Å². The number of carbonyl (C=O) groups is 4. The highest BCUT2D eigenvalue weighted by Crippen LogP contribution is 2.50. The van der Waals surface area contributed by atoms with Gasteiger partial charge in [-0.1, -0.05) is 23.9 Å². The number of urea groups is 1. The largest absolute Gasteiger partial charge is 0.508 e. The van der Waals surface area contributed by atoms with E-state index >= 15 is 0 Å². The van der Waals surface area contributed by atoms with Crippen molar-refractivity contribution in [2.24, 2.45) is 0 Å². The minimum Gasteiger partial charge on any atom is -0.508 e. The van der Waals surface area contributed by atoms with Gasteiger partial charge < -0.3 is 10.4 Å². The van der Waals surface area contributed by atoms with Gasteiger partial charge >= 0.3 is 6.03 Å². The minimum atomic E-state index is -1.85. The van der Waals surface area contributed by atoms with Crippen LogP contribution in [-0.4, -0.2) is 60.0 Å². The standard InChI is InChI=1S/C21H16N4O7S2/c1-20(11-2-5-13(26)6-3-11)23(16(27)9-33-20)19(30)24-17(28)10-34-21(24)18(29)14-7-4-12(25(31)32)8-15(14)22-21/h2-8,22,26H,9-10H2,1H3. The van der Waals surface area contributed by atoms with Crippen LogP contribution in [0.2, 0.25) is 0 Å². The fourth-order valence-corrected chi connectivity index (χ4v) is 6.62. The molecule has 2 N–H and O–H groups in total. The molecule has 2 saturated heterocycles. The van der Waals surface area contributed by atoms with Crippen molar-refractivity contribution in [2.75, 3.05) is 16.8 Å². The molecule has 2 aromatic rings. The number of amides is 4. The van der Waals surface area contributed by atoms with Crippen molar-refractivity contribution in [1.29, 1.82) is 0 Å². The zero-order chi connectivity index (χ0) is 24.4. The van der Waals surface area contributed by atoms with Crippen molar-refractivity contribution in [1.82, 2.24) is 9.80 Å². The van der Waals surface area contributed by atoms with Gasteiger partial charge in [0.25, 0.3) is 5.69 Å². The van der Waals surface area contributed by atoms with Crippen LogP contribution in [0.1, 0.15) is 22.8 Å². The first-order chi connectivity index (χ1) is 16.1. The third-order valence-electron chi connectivity index (χ3n) is 5.98. The Labute approximate surface area is 200 Å². The number of benzene rings is 2. The Hall–Kier alpha value is -3.58. The number of phenols is 1. The van der Waals surface area contributed by atoms with Gasteiger partial charge in [-0.3, -0.25) is 24.5 Å². The van der Waals surface area contributed by atoms with Gasteiger partial charge in [0, 0.05) is 17.7 Å². The lowest BCUT2D eigenvalue weighted by Gasteiger charge is -2.38. The number of thioether (sulfide) groups is 2. The Kier molecular flexibility index (Phi) is 4.88. The second-order valence-corrected chi connectivity index (χ2v) is 10.5. The molecule has 13 heteroatoms. The molecule has 3 heterocycles. The lowest BCUT2D eigenvalue weighted by molar-refractivity contribution is -0.384. The second-order valence-electron chi connectivity index (χ2n) is 7.93. The lowest BCUT2D eigenvalue weighted by Crippen LogP contribution is -2.61. The summed E-state index contributed by atoms with van der Waals surface area (Å²) < 4.78 is 0. The van der Waals surface area contributed by atoms with Gasteiger partial charge in [0.2, 0.25) is 22.6 Å². The first kappa shape index (κ1) is 22.2. The number of hydrogen-bond donors (Lipinski definition) is 2. The highest BCUT2D eigenvalue weighted by atomic mass is 32.2. The molecule has 174 valence electrons. The van der Waals surface area contributed by atoms with Crippen LogP contribution in [0.15, 0.2) is 42.5 Å². The Morgan fingerprint density at radius 2 is 1.71 bits per heavy atom. The Morgan fingerprint density at radius 3 is 2.38 bits per heavy atom. The zero-order valence-corrected chi connectivity index (χ0v) is 19.1. The van der Waals surface area contributed by atoms with Crippen molar-refractivity contribution in [2.45, 2.75) is 16.8 Å². The molecule has 1 spiro atoms. The van der Waals surface area contributed by atoms with Gasteiger partial charge in [-0.05, 0) is 30.7 Å². The molecule has 3 aliphatic heterocycles. The van der Waals surface area contributed by atoms with E-state index in [-0.39, 0.29) is 34.2 Å². The molecular formula is C21H16N4O7S2. The topological polar surface area (TPSA) is 150 Å². The van der Waals surface area contributed by atoms with Crippen molar-refractivity contribution in [3.8, 4) is 5.75 Å². The molecule has 0 radical (unpaired) electrons. The van der Waals surface area contributed by atoms with Gasteiger partial charge in [0.05, 0.1) is 22.1 Å². The number of nitro groups is 1. The van der Waals surface area contributed by atoms with E-state index in [1.54, 1.807) is 19.1 Å². The van der Waals surface area contributed by atoms with Gasteiger partial charge in [-0.25, -0.2) is 14.6 Å². The van der Waals surface area contributed by atoms with Crippen LogP contribution in [0.25, 0.3) is 0 Å². The number of Topliss-reactive ketones (excluding diaryl/α,β-unsaturated/α-hetero) is 1. The third-order valence-corrected chi connectivity index (χ3v) is 8.63. The number of anilines is 1. The third kappa shape index (κ3) is 3.00. The van der Waals surface area contributed by atoms with E-state index < -0.39 is 38.4 Å². The summed E-state index contributed by atoms with van der Waals surface area (Å²) in [6.07, 6.45) is 0. The number of carbonyl (C=O) groups excluding carboxylic acids is 4. The van der Waals surface area contributed by atoms with E-state index in [4.69, 9.17) is 0 Å². The molecule has 2 fully saturated rings. The van der Waals surface area contributed by atoms with E-state index in [0.29, 0.717) is 5.56 Å². The highest BCUT2D eigenvalue weighted by molar-refractivity contribution is 8.02. The smallest absolute Gasteiger partial charge is 0.337 e. The van der Waals surface area contributed by atoms with Crippen LogP contribution in [0.5, 0.6) is 5.75 Å². The molecule has 34 heavy (non-hydrogen) atoms. The van der Waals surface area contributed by atoms with Gasteiger partial charge in [0.15, 0.2) is 0 Å². The first-order valence-corrected chi connectivity index (χ1v) is 11.9. The number of imide groups is 2. The predicted molar refractivity (Wildman–Crippen MR) is 123 cm³/mol. The summed E-state index contributed by atoms with van der Waals surface area (Å²) >= 11 is 2.06. The second kappa shape index (κ2) is 7.46. The van der Waals surface area contributed by atoms with Crippen LogP contribution >= 0.6 is 23.5 Å². The maximum absolute atomic E-state index is 13.8. The summed E-state index contributed by atoms with van der Waals surface area (Å²) in [5.74, 6) is -2.03. The normalized spacial score (nSPS) is 25.7. The van der Waals surface area contributed by atoms with Crippen LogP contribution in [0, 0.1) is 10.1 Å². The monoisotopic (exact) mass is 500 g/mol. The van der Waals surface area contributed by atoms with E-state index in [2.05, 4.69) is 5.32 Å². The molecule has 2 atom stereocenters. The maximum atomic E-state index is 13.8. The summed E-state index contributed by atoms with van der Waals surface area (Å²) in [7, 11) is 0. The number of nitrogens with zero attached hydrogens (tertiary/aromatic N) is 3. The number of phenolic OH excluding ortho intramolecular Hbond substituents is 1. The summed E-state index contributed by atoms with van der Waals surface area (Å²) in [4.78, 5) is 62.2. The van der Waals surface area contributed by atoms with Crippen molar-refractivity contribution in [3.63, 3.8) is 0 Å². The Balaban J connectivity index is 1.55. The van der Waals surface area contributed by atoms with E-state index in [1.165, 1.54) is 42.1 Å². The predicted octanol–water partition coefficient (Wildman–Crippen LogP) is 2.71. The molecule has 11 nitrogen and oxygen atoms in total. The molecule has 2 aromatic carbocycles. The molecule has 4 amide bonds. The number of nitrogens with one attached hydrogen (secondary N) is 1. The molecule has 5 rings (SSSR count). The molecular weight excluding hydrogens is 484 g/mol. The average Bonchev–Trinajstić information content (AvgIpc) is 3.40. The van der Waals surface area contributed by atoms with Crippen LogP contribution in [-0.2, 0) is 14.5 Å². The molecule has 3 aliphatic rings. The van der Waals surface area contributed by atoms with E-state index in [0.717, 1.165) is 21.6 Å². The fraction of sp³-hybridized carbons (Fsp3) is 0.238. The van der Waals surface area contributed by atoms with Gasteiger partial charge in [-0.15, -0.1) is 11.8 Å². The van der Waals surface area contributed by atoms with E-state index in [9.17, 15) is 34.4 Å².